The first kappa shape index (κ1) is 19.1. The van der Waals surface area contributed by atoms with Gasteiger partial charge in [0.15, 0.2) is 0 Å². The number of hydrogen-bond donors (Lipinski definition) is 2. The maximum absolute atomic E-state index is 13.1. The molecule has 0 spiro atoms. The number of benzene rings is 3. The van der Waals surface area contributed by atoms with Gasteiger partial charge in [-0.2, -0.15) is 0 Å². The molecule has 0 aliphatic carbocycles. The van der Waals surface area contributed by atoms with Crippen molar-refractivity contribution in [1.82, 2.24) is 10.2 Å². The minimum atomic E-state index is -1.23. The molecule has 1 atom stereocenters. The van der Waals surface area contributed by atoms with Crippen LogP contribution in [0.3, 0.4) is 0 Å². The van der Waals surface area contributed by atoms with Gasteiger partial charge in [-0.3, -0.25) is 14.5 Å². The van der Waals surface area contributed by atoms with E-state index in [1.807, 2.05) is 48.5 Å². The van der Waals surface area contributed by atoms with E-state index in [9.17, 15) is 14.4 Å². The summed E-state index contributed by atoms with van der Waals surface area (Å²) in [6, 6.07) is 19.9. The third-order valence-corrected chi connectivity index (χ3v) is 5.51. The average molecular weight is 452 g/mol. The molecule has 0 radical (unpaired) electrons. The van der Waals surface area contributed by atoms with Gasteiger partial charge in [0, 0.05) is 10.2 Å². The summed E-state index contributed by atoms with van der Waals surface area (Å²) >= 11 is 3.34. The number of nitrogens with one attached hydrogen (secondary N) is 2. The molecule has 3 aromatic carbocycles. The molecule has 3 aromatic rings. The van der Waals surface area contributed by atoms with Crippen molar-refractivity contribution < 1.29 is 14.4 Å². The number of rotatable bonds is 4. The average Bonchev–Trinajstić information content (AvgIpc) is 2.91. The van der Waals surface area contributed by atoms with Crippen LogP contribution in [0.15, 0.2) is 71.2 Å². The Morgan fingerprint density at radius 2 is 1.79 bits per heavy atom. The Labute approximate surface area is 176 Å². The molecule has 4 amide bonds. The fourth-order valence-corrected chi connectivity index (χ4v) is 3.85. The largest absolute Gasteiger partial charge is 0.325 e. The summed E-state index contributed by atoms with van der Waals surface area (Å²) in [5.41, 5.74) is 0.0233. The van der Waals surface area contributed by atoms with E-state index in [1.165, 1.54) is 0 Å². The first-order valence-corrected chi connectivity index (χ1v) is 9.85. The van der Waals surface area contributed by atoms with Crippen molar-refractivity contribution in [3.63, 3.8) is 0 Å². The van der Waals surface area contributed by atoms with Crippen LogP contribution in [-0.4, -0.2) is 29.3 Å². The van der Waals surface area contributed by atoms with E-state index >= 15 is 0 Å². The number of halogens is 1. The van der Waals surface area contributed by atoms with E-state index in [-0.39, 0.29) is 6.54 Å². The molecule has 1 heterocycles. The van der Waals surface area contributed by atoms with Crippen LogP contribution in [-0.2, 0) is 15.1 Å². The van der Waals surface area contributed by atoms with Gasteiger partial charge in [0.05, 0.1) is 0 Å². The molecule has 0 saturated carbocycles. The van der Waals surface area contributed by atoms with Crippen molar-refractivity contribution in [3.8, 4) is 0 Å². The van der Waals surface area contributed by atoms with Gasteiger partial charge in [-0.1, -0.05) is 58.4 Å². The lowest BCUT2D eigenvalue weighted by molar-refractivity contribution is -0.133. The molecule has 7 heteroatoms. The van der Waals surface area contributed by atoms with Gasteiger partial charge in [0.25, 0.3) is 5.91 Å². The molecule has 1 unspecified atom stereocenters. The molecule has 2 N–H and O–H groups in total. The van der Waals surface area contributed by atoms with E-state index in [0.717, 1.165) is 20.1 Å². The molecule has 4 rings (SSSR count). The predicted molar refractivity (Wildman–Crippen MR) is 114 cm³/mol. The highest BCUT2D eigenvalue weighted by Gasteiger charge is 2.49. The van der Waals surface area contributed by atoms with E-state index < -0.39 is 23.4 Å². The molecule has 1 aliphatic rings. The van der Waals surface area contributed by atoms with E-state index in [2.05, 4.69) is 26.6 Å². The maximum atomic E-state index is 13.1. The second kappa shape index (κ2) is 7.33. The minimum absolute atomic E-state index is 0.361. The SMILES string of the molecule is CC1(c2ccc3ccccc3c2)NC(=O)N(CC(=O)Nc2cccc(Br)c2)C1=O. The summed E-state index contributed by atoms with van der Waals surface area (Å²) in [6.45, 7) is 1.30. The maximum Gasteiger partial charge on any atom is 0.325 e. The summed E-state index contributed by atoms with van der Waals surface area (Å²) in [4.78, 5) is 38.9. The van der Waals surface area contributed by atoms with Crippen LogP contribution >= 0.6 is 15.9 Å². The van der Waals surface area contributed by atoms with Gasteiger partial charge in [0.2, 0.25) is 5.91 Å². The summed E-state index contributed by atoms with van der Waals surface area (Å²) in [5.74, 6) is -0.906. The van der Waals surface area contributed by atoms with Crippen molar-refractivity contribution in [2.24, 2.45) is 0 Å². The molecular formula is C22H18BrN3O3. The van der Waals surface area contributed by atoms with Crippen LogP contribution in [0, 0.1) is 0 Å². The summed E-state index contributed by atoms with van der Waals surface area (Å²) in [6.07, 6.45) is 0. The Morgan fingerprint density at radius 1 is 1.03 bits per heavy atom. The summed E-state index contributed by atoms with van der Waals surface area (Å²) in [5, 5.41) is 7.45. The molecule has 1 fully saturated rings. The van der Waals surface area contributed by atoms with Gasteiger partial charge in [0.1, 0.15) is 12.1 Å². The fourth-order valence-electron chi connectivity index (χ4n) is 3.45. The lowest BCUT2D eigenvalue weighted by atomic mass is 9.90. The second-order valence-corrected chi connectivity index (χ2v) is 7.98. The molecule has 0 aromatic heterocycles. The number of carbonyl (C=O) groups is 3. The fraction of sp³-hybridized carbons (Fsp3) is 0.136. The van der Waals surface area contributed by atoms with Crippen LogP contribution in [0.2, 0.25) is 0 Å². The zero-order valence-corrected chi connectivity index (χ0v) is 17.2. The highest BCUT2D eigenvalue weighted by atomic mass is 79.9. The first-order chi connectivity index (χ1) is 13.9. The normalized spacial score (nSPS) is 18.8. The van der Waals surface area contributed by atoms with Crippen molar-refractivity contribution >= 4 is 50.2 Å². The number of hydrogen-bond acceptors (Lipinski definition) is 3. The molecule has 1 saturated heterocycles. The lowest BCUT2D eigenvalue weighted by Gasteiger charge is -2.22. The Bertz CT molecular complexity index is 1150. The summed E-state index contributed by atoms with van der Waals surface area (Å²) < 4.78 is 0.814. The highest BCUT2D eigenvalue weighted by Crippen LogP contribution is 2.31. The van der Waals surface area contributed by atoms with Gasteiger partial charge >= 0.3 is 6.03 Å². The second-order valence-electron chi connectivity index (χ2n) is 7.07. The topological polar surface area (TPSA) is 78.5 Å². The standard InChI is InChI=1S/C22H18BrN3O3/c1-22(16-10-9-14-5-2-3-6-15(14)11-16)20(28)26(21(29)25-22)13-19(27)24-18-8-4-7-17(23)12-18/h2-12H,13H2,1H3,(H,24,27)(H,25,29). The molecular weight excluding hydrogens is 434 g/mol. The Morgan fingerprint density at radius 3 is 2.55 bits per heavy atom. The quantitative estimate of drug-likeness (QED) is 0.588. The van der Waals surface area contributed by atoms with Crippen molar-refractivity contribution in [2.75, 3.05) is 11.9 Å². The van der Waals surface area contributed by atoms with Crippen molar-refractivity contribution in [3.05, 3.63) is 76.8 Å². The highest BCUT2D eigenvalue weighted by molar-refractivity contribution is 9.10. The molecule has 1 aliphatic heterocycles. The third kappa shape index (κ3) is 3.61. The lowest BCUT2D eigenvalue weighted by Crippen LogP contribution is -2.42. The number of nitrogens with zero attached hydrogens (tertiary/aromatic N) is 1. The number of fused-ring (bicyclic) bond motifs is 1. The zero-order chi connectivity index (χ0) is 20.6. The minimum Gasteiger partial charge on any atom is -0.324 e. The number of anilines is 1. The molecule has 146 valence electrons. The van der Waals surface area contributed by atoms with Gasteiger partial charge in [-0.05, 0) is 47.5 Å². The molecule has 0 bridgehead atoms. The number of imide groups is 1. The summed E-state index contributed by atoms with van der Waals surface area (Å²) in [7, 11) is 0. The van der Waals surface area contributed by atoms with Crippen LogP contribution in [0.5, 0.6) is 0 Å². The zero-order valence-electron chi connectivity index (χ0n) is 15.6. The van der Waals surface area contributed by atoms with Gasteiger partial charge in [-0.25, -0.2) is 4.79 Å². The smallest absolute Gasteiger partial charge is 0.324 e. The third-order valence-electron chi connectivity index (χ3n) is 5.01. The van der Waals surface area contributed by atoms with Crippen LogP contribution in [0.4, 0.5) is 10.5 Å². The van der Waals surface area contributed by atoms with Crippen molar-refractivity contribution in [2.45, 2.75) is 12.5 Å². The van der Waals surface area contributed by atoms with Crippen molar-refractivity contribution in [1.29, 1.82) is 0 Å². The molecule has 29 heavy (non-hydrogen) atoms. The number of carbonyl (C=O) groups excluding carboxylic acids is 3. The van der Waals surface area contributed by atoms with E-state index in [0.29, 0.717) is 11.3 Å². The Kier molecular flexibility index (Phi) is 4.84. The first-order valence-electron chi connectivity index (χ1n) is 9.06. The van der Waals surface area contributed by atoms with Crippen LogP contribution < -0.4 is 10.6 Å². The Balaban J connectivity index is 1.55. The van der Waals surface area contributed by atoms with E-state index in [4.69, 9.17) is 0 Å². The van der Waals surface area contributed by atoms with Crippen LogP contribution in [0.1, 0.15) is 12.5 Å². The Hall–Kier alpha value is -3.19. The van der Waals surface area contributed by atoms with E-state index in [1.54, 1.807) is 25.1 Å². The number of amides is 4. The number of urea groups is 1. The monoisotopic (exact) mass is 451 g/mol. The van der Waals surface area contributed by atoms with Crippen LogP contribution in [0.25, 0.3) is 10.8 Å². The van der Waals surface area contributed by atoms with Gasteiger partial charge < -0.3 is 10.6 Å². The van der Waals surface area contributed by atoms with Gasteiger partial charge in [-0.15, -0.1) is 0 Å². The molecule has 6 nitrogen and oxygen atoms in total. The predicted octanol–water partition coefficient (Wildman–Crippen LogP) is 4.01.